The van der Waals surface area contributed by atoms with Crippen molar-refractivity contribution >= 4 is 16.9 Å². The number of ether oxygens (including phenoxy) is 2. The molecule has 0 aliphatic carbocycles. The van der Waals surface area contributed by atoms with Gasteiger partial charge in [-0.1, -0.05) is 25.0 Å². The number of hydrogen-bond donors (Lipinski definition) is 0. The van der Waals surface area contributed by atoms with Gasteiger partial charge in [0.25, 0.3) is 5.56 Å². The summed E-state index contributed by atoms with van der Waals surface area (Å²) in [5.74, 6) is 1.11. The van der Waals surface area contributed by atoms with Crippen LogP contribution < -0.4 is 15.0 Å². The van der Waals surface area contributed by atoms with Crippen molar-refractivity contribution in [3.8, 4) is 11.5 Å². The molecule has 28 heavy (non-hydrogen) atoms. The number of rotatable bonds is 3. The van der Waals surface area contributed by atoms with Crippen molar-refractivity contribution < 1.29 is 14.3 Å². The first-order valence-electron chi connectivity index (χ1n) is 9.56. The Morgan fingerprint density at radius 3 is 2.64 bits per heavy atom. The highest BCUT2D eigenvalue weighted by Gasteiger charge is 2.16. The zero-order chi connectivity index (χ0) is 19.5. The number of methoxy groups -OCH3 is 1. The summed E-state index contributed by atoms with van der Waals surface area (Å²) < 4.78 is 12.5. The van der Waals surface area contributed by atoms with E-state index in [2.05, 4.69) is 0 Å². The van der Waals surface area contributed by atoms with Crippen LogP contribution >= 0.6 is 0 Å². The smallest absolute Gasteiger partial charge is 0.343 e. The van der Waals surface area contributed by atoms with Crippen molar-refractivity contribution in [2.45, 2.75) is 38.6 Å². The fourth-order valence-electron chi connectivity index (χ4n) is 3.58. The van der Waals surface area contributed by atoms with Gasteiger partial charge in [0, 0.05) is 13.0 Å². The van der Waals surface area contributed by atoms with Gasteiger partial charge >= 0.3 is 5.97 Å². The molecule has 0 unspecified atom stereocenters. The molecule has 1 aliphatic rings. The number of aromatic nitrogens is 2. The summed E-state index contributed by atoms with van der Waals surface area (Å²) in [7, 11) is 1.52. The maximum atomic E-state index is 12.9. The van der Waals surface area contributed by atoms with Gasteiger partial charge in [0.05, 0.1) is 23.6 Å². The minimum atomic E-state index is -0.514. The molecule has 0 spiro atoms. The summed E-state index contributed by atoms with van der Waals surface area (Å²) in [6, 6.07) is 11.9. The molecule has 0 saturated carbocycles. The monoisotopic (exact) mass is 378 g/mol. The fraction of sp³-hybridized carbons (Fsp3) is 0.318. The van der Waals surface area contributed by atoms with E-state index in [1.165, 1.54) is 7.11 Å². The molecule has 1 aliphatic heterocycles. The standard InChI is InChI=1S/C22H22N2O4/c1-27-18-8-5-6-9-19(18)28-22(26)15-11-12-16-17(14-15)23-20-10-4-2-3-7-13-24(20)21(16)25/h5-6,8-9,11-12,14H,2-4,7,10,13H2,1H3. The third kappa shape index (κ3) is 3.50. The fourth-order valence-corrected chi connectivity index (χ4v) is 3.58. The van der Waals surface area contributed by atoms with E-state index < -0.39 is 5.97 Å². The number of fused-ring (bicyclic) bond motifs is 2. The highest BCUT2D eigenvalue weighted by atomic mass is 16.6. The van der Waals surface area contributed by atoms with Crippen LogP contribution in [0.4, 0.5) is 0 Å². The average Bonchev–Trinajstić information content (AvgIpc) is 2.69. The maximum Gasteiger partial charge on any atom is 0.343 e. The van der Waals surface area contributed by atoms with Gasteiger partial charge in [-0.15, -0.1) is 0 Å². The van der Waals surface area contributed by atoms with E-state index in [9.17, 15) is 9.59 Å². The van der Waals surface area contributed by atoms with Crippen molar-refractivity contribution in [1.29, 1.82) is 0 Å². The van der Waals surface area contributed by atoms with Gasteiger partial charge in [0.15, 0.2) is 11.5 Å². The quantitative estimate of drug-likeness (QED) is 0.513. The third-order valence-electron chi connectivity index (χ3n) is 5.07. The minimum Gasteiger partial charge on any atom is -0.493 e. The van der Waals surface area contributed by atoms with Crippen LogP contribution in [0.25, 0.3) is 10.9 Å². The van der Waals surface area contributed by atoms with Crippen LogP contribution in [0.2, 0.25) is 0 Å². The van der Waals surface area contributed by atoms with E-state index in [1.807, 2.05) is 0 Å². The molecule has 1 aromatic heterocycles. The second kappa shape index (κ2) is 7.84. The summed E-state index contributed by atoms with van der Waals surface area (Å²) in [6.07, 6.45) is 5.08. The molecule has 144 valence electrons. The minimum absolute atomic E-state index is 0.0356. The Balaban J connectivity index is 1.70. The molecule has 2 heterocycles. The molecule has 4 rings (SSSR count). The van der Waals surface area contributed by atoms with Gasteiger partial charge < -0.3 is 9.47 Å². The zero-order valence-electron chi connectivity index (χ0n) is 15.8. The Kier molecular flexibility index (Phi) is 5.10. The van der Waals surface area contributed by atoms with Crippen molar-refractivity contribution in [3.05, 3.63) is 64.2 Å². The molecule has 6 nitrogen and oxygen atoms in total. The van der Waals surface area contributed by atoms with Gasteiger partial charge in [0.1, 0.15) is 5.82 Å². The Morgan fingerprint density at radius 2 is 1.82 bits per heavy atom. The molecule has 0 bridgehead atoms. The number of nitrogens with zero attached hydrogens (tertiary/aromatic N) is 2. The summed E-state index contributed by atoms with van der Waals surface area (Å²) >= 11 is 0. The van der Waals surface area contributed by atoms with Crippen molar-refractivity contribution in [3.63, 3.8) is 0 Å². The van der Waals surface area contributed by atoms with Crippen molar-refractivity contribution in [2.24, 2.45) is 0 Å². The number of benzene rings is 2. The predicted molar refractivity (Wildman–Crippen MR) is 106 cm³/mol. The number of hydrogen-bond acceptors (Lipinski definition) is 5. The molecular weight excluding hydrogens is 356 g/mol. The molecule has 3 aromatic rings. The van der Waals surface area contributed by atoms with E-state index in [1.54, 1.807) is 47.0 Å². The van der Waals surface area contributed by atoms with Gasteiger partial charge in [-0.2, -0.15) is 0 Å². The first-order valence-corrected chi connectivity index (χ1v) is 9.56. The molecule has 0 fully saturated rings. The van der Waals surface area contributed by atoms with Gasteiger partial charge in [-0.25, -0.2) is 9.78 Å². The Bertz CT molecular complexity index is 1090. The van der Waals surface area contributed by atoms with Crippen LogP contribution in [-0.2, 0) is 13.0 Å². The van der Waals surface area contributed by atoms with Gasteiger partial charge in [0.2, 0.25) is 0 Å². The van der Waals surface area contributed by atoms with Crippen molar-refractivity contribution in [1.82, 2.24) is 9.55 Å². The number of aryl methyl sites for hydroxylation is 1. The molecule has 0 amide bonds. The Morgan fingerprint density at radius 1 is 1.04 bits per heavy atom. The third-order valence-corrected chi connectivity index (χ3v) is 5.07. The van der Waals surface area contributed by atoms with E-state index in [0.717, 1.165) is 37.9 Å². The largest absolute Gasteiger partial charge is 0.493 e. The predicted octanol–water partition coefficient (Wildman–Crippen LogP) is 3.74. The van der Waals surface area contributed by atoms with E-state index in [0.29, 0.717) is 34.5 Å². The highest BCUT2D eigenvalue weighted by molar-refractivity contribution is 5.95. The van der Waals surface area contributed by atoms with Crippen LogP contribution in [0.15, 0.2) is 47.3 Å². The summed E-state index contributed by atoms with van der Waals surface area (Å²) in [5, 5.41) is 0.526. The summed E-state index contributed by atoms with van der Waals surface area (Å²) in [5.41, 5.74) is 0.846. The lowest BCUT2D eigenvalue weighted by atomic mass is 10.1. The molecule has 6 heteroatoms. The topological polar surface area (TPSA) is 70.4 Å². The van der Waals surface area contributed by atoms with Gasteiger partial charge in [-0.05, 0) is 43.2 Å². The average molecular weight is 378 g/mol. The number of esters is 1. The molecule has 0 N–H and O–H groups in total. The molecule has 0 atom stereocenters. The number of carbonyl (C=O) groups is 1. The van der Waals surface area contributed by atoms with E-state index >= 15 is 0 Å². The van der Waals surface area contributed by atoms with Crippen LogP contribution in [-0.4, -0.2) is 22.6 Å². The zero-order valence-corrected chi connectivity index (χ0v) is 15.8. The Labute approximate surface area is 162 Å². The number of carbonyl (C=O) groups excluding carboxylic acids is 1. The first kappa shape index (κ1) is 18.2. The molecule has 0 radical (unpaired) electrons. The lowest BCUT2D eigenvalue weighted by Crippen LogP contribution is -2.26. The summed E-state index contributed by atoms with van der Waals surface area (Å²) in [6.45, 7) is 0.703. The molecule has 0 saturated heterocycles. The van der Waals surface area contributed by atoms with Crippen LogP contribution in [0.1, 0.15) is 41.9 Å². The van der Waals surface area contributed by atoms with Crippen LogP contribution in [0.3, 0.4) is 0 Å². The lowest BCUT2D eigenvalue weighted by molar-refractivity contribution is 0.0730. The summed E-state index contributed by atoms with van der Waals surface area (Å²) in [4.78, 5) is 30.2. The second-order valence-corrected chi connectivity index (χ2v) is 6.92. The first-order chi connectivity index (χ1) is 13.7. The Hall–Kier alpha value is -3.15. The van der Waals surface area contributed by atoms with Crippen molar-refractivity contribution in [2.75, 3.05) is 7.11 Å². The normalized spacial score (nSPS) is 14.0. The molecule has 2 aromatic carbocycles. The molecular formula is C22H22N2O4. The lowest BCUT2D eigenvalue weighted by Gasteiger charge is -2.16. The second-order valence-electron chi connectivity index (χ2n) is 6.92. The van der Waals surface area contributed by atoms with Crippen LogP contribution in [0.5, 0.6) is 11.5 Å². The van der Waals surface area contributed by atoms with E-state index in [4.69, 9.17) is 14.5 Å². The highest BCUT2D eigenvalue weighted by Crippen LogP contribution is 2.27. The van der Waals surface area contributed by atoms with E-state index in [-0.39, 0.29) is 5.56 Å². The SMILES string of the molecule is COc1ccccc1OC(=O)c1ccc2c(=O)n3c(nc2c1)CCCCCC3. The number of para-hydroxylation sites is 2. The van der Waals surface area contributed by atoms with Gasteiger partial charge in [-0.3, -0.25) is 9.36 Å². The maximum absolute atomic E-state index is 12.9. The van der Waals surface area contributed by atoms with Crippen LogP contribution in [0, 0.1) is 0 Å².